The summed E-state index contributed by atoms with van der Waals surface area (Å²) in [6.45, 7) is 1.58. The van der Waals surface area contributed by atoms with Crippen molar-refractivity contribution in [3.63, 3.8) is 0 Å². The number of amides is 3. The molecule has 1 aliphatic rings. The Balaban J connectivity index is 2.12. The van der Waals surface area contributed by atoms with Gasteiger partial charge in [-0.15, -0.1) is 0 Å². The molecule has 0 saturated carbocycles. The molecule has 34 heavy (non-hydrogen) atoms. The van der Waals surface area contributed by atoms with Crippen LogP contribution in [0.15, 0.2) is 12.5 Å². The maximum absolute atomic E-state index is 12.9. The van der Waals surface area contributed by atoms with Crippen molar-refractivity contribution in [2.75, 3.05) is 6.54 Å². The van der Waals surface area contributed by atoms with Gasteiger partial charge < -0.3 is 41.6 Å². The number of aliphatic hydroxyl groups excluding tert-OH is 1. The molecule has 188 valence electrons. The molecule has 3 amide bonds. The standard InChI is InChI=1S/C20H30N6O8/c1-10(27)16(21)19(32)26-6-2-3-14(26)18(31)24-12(4-5-15(28)29)17(30)25-13(20(33)34)7-11-8-22-9-23-11/h8-10,12-14,16,27H,2-7,21H2,1H3,(H,22,23)(H,24,31)(H,25,30)(H,28,29)(H,33,34). The van der Waals surface area contributed by atoms with Gasteiger partial charge in [0.25, 0.3) is 0 Å². The van der Waals surface area contributed by atoms with Gasteiger partial charge in [-0.2, -0.15) is 0 Å². The number of aromatic nitrogens is 2. The molecule has 14 nitrogen and oxygen atoms in total. The summed E-state index contributed by atoms with van der Waals surface area (Å²) in [5.74, 6) is -4.73. The molecule has 0 radical (unpaired) electrons. The summed E-state index contributed by atoms with van der Waals surface area (Å²) in [6, 6.07) is -4.89. The first-order chi connectivity index (χ1) is 16.0. The fraction of sp³-hybridized carbons (Fsp3) is 0.600. The molecule has 1 aromatic heterocycles. The van der Waals surface area contributed by atoms with Crippen LogP contribution in [0.1, 0.15) is 38.3 Å². The van der Waals surface area contributed by atoms with Gasteiger partial charge in [0, 0.05) is 31.3 Å². The Hall–Kier alpha value is -3.52. The first-order valence-electron chi connectivity index (χ1n) is 10.8. The minimum Gasteiger partial charge on any atom is -0.481 e. The predicted octanol–water partition coefficient (Wildman–Crippen LogP) is -2.43. The number of nitrogens with one attached hydrogen (secondary N) is 3. The minimum atomic E-state index is -1.36. The van der Waals surface area contributed by atoms with Gasteiger partial charge in [0.15, 0.2) is 0 Å². The van der Waals surface area contributed by atoms with E-state index in [4.69, 9.17) is 10.8 Å². The van der Waals surface area contributed by atoms with Crippen molar-refractivity contribution in [1.29, 1.82) is 0 Å². The van der Waals surface area contributed by atoms with E-state index in [2.05, 4.69) is 20.6 Å². The number of hydrogen-bond donors (Lipinski definition) is 7. The molecule has 14 heteroatoms. The van der Waals surface area contributed by atoms with E-state index >= 15 is 0 Å². The molecule has 2 rings (SSSR count). The molecular formula is C20H30N6O8. The second kappa shape index (κ2) is 12.1. The summed E-state index contributed by atoms with van der Waals surface area (Å²) >= 11 is 0. The average molecular weight is 482 g/mol. The van der Waals surface area contributed by atoms with Crippen LogP contribution in [0, 0.1) is 0 Å². The third kappa shape index (κ3) is 7.25. The summed E-state index contributed by atoms with van der Waals surface area (Å²) in [6.07, 6.45) is 1.53. The van der Waals surface area contributed by atoms with E-state index in [1.54, 1.807) is 0 Å². The lowest BCUT2D eigenvalue weighted by atomic mass is 10.1. The summed E-state index contributed by atoms with van der Waals surface area (Å²) in [5, 5.41) is 32.8. The number of carbonyl (C=O) groups excluding carboxylic acids is 3. The molecule has 5 unspecified atom stereocenters. The largest absolute Gasteiger partial charge is 0.481 e. The molecule has 1 aliphatic heterocycles. The number of carbonyl (C=O) groups is 5. The Kier molecular flexibility index (Phi) is 9.50. The summed E-state index contributed by atoms with van der Waals surface area (Å²) < 4.78 is 0. The average Bonchev–Trinajstić information content (AvgIpc) is 3.46. The number of imidazole rings is 1. The first-order valence-corrected chi connectivity index (χ1v) is 10.8. The van der Waals surface area contributed by atoms with Crippen molar-refractivity contribution in [1.82, 2.24) is 25.5 Å². The van der Waals surface area contributed by atoms with Gasteiger partial charge in [-0.05, 0) is 26.2 Å². The topological polar surface area (TPSA) is 228 Å². The zero-order valence-electron chi connectivity index (χ0n) is 18.6. The normalized spacial score (nSPS) is 19.0. The molecule has 0 aromatic carbocycles. The Morgan fingerprint density at radius 1 is 1.24 bits per heavy atom. The highest BCUT2D eigenvalue weighted by Crippen LogP contribution is 2.19. The van der Waals surface area contributed by atoms with Crippen molar-refractivity contribution in [2.45, 2.75) is 69.3 Å². The fourth-order valence-corrected chi connectivity index (χ4v) is 3.59. The van der Waals surface area contributed by atoms with Crippen LogP contribution in [0.4, 0.5) is 0 Å². The van der Waals surface area contributed by atoms with Gasteiger partial charge in [-0.1, -0.05) is 0 Å². The maximum Gasteiger partial charge on any atom is 0.326 e. The number of carboxylic acid groups (broad SMARTS) is 2. The SMILES string of the molecule is CC(O)C(N)C(=O)N1CCCC1C(=O)NC(CCC(=O)O)C(=O)NC(Cc1cnc[nH]1)C(=O)O. The molecule has 1 aromatic rings. The second-order valence-corrected chi connectivity index (χ2v) is 8.13. The number of aromatic amines is 1. The highest BCUT2D eigenvalue weighted by molar-refractivity contribution is 5.94. The van der Waals surface area contributed by atoms with E-state index < -0.39 is 66.4 Å². The molecule has 2 heterocycles. The molecule has 0 spiro atoms. The van der Waals surface area contributed by atoms with Crippen molar-refractivity contribution in [3.05, 3.63) is 18.2 Å². The number of nitrogens with zero attached hydrogens (tertiary/aromatic N) is 2. The number of aliphatic carboxylic acids is 2. The van der Waals surface area contributed by atoms with Crippen LogP contribution >= 0.6 is 0 Å². The fourth-order valence-electron chi connectivity index (χ4n) is 3.59. The number of nitrogens with two attached hydrogens (primary N) is 1. The van der Waals surface area contributed by atoms with Crippen LogP contribution in [0.25, 0.3) is 0 Å². The zero-order valence-corrected chi connectivity index (χ0v) is 18.6. The lowest BCUT2D eigenvalue weighted by Gasteiger charge is -2.29. The second-order valence-electron chi connectivity index (χ2n) is 8.13. The van der Waals surface area contributed by atoms with E-state index in [9.17, 15) is 34.2 Å². The zero-order chi connectivity index (χ0) is 25.4. The van der Waals surface area contributed by atoms with Gasteiger partial charge >= 0.3 is 11.9 Å². The number of hydrogen-bond acceptors (Lipinski definition) is 8. The van der Waals surface area contributed by atoms with Crippen LogP contribution < -0.4 is 16.4 Å². The monoisotopic (exact) mass is 482 g/mol. The van der Waals surface area contributed by atoms with Crippen LogP contribution in [0.2, 0.25) is 0 Å². The number of H-pyrrole nitrogens is 1. The Labute approximate surface area is 194 Å². The van der Waals surface area contributed by atoms with Crippen LogP contribution in [0.3, 0.4) is 0 Å². The lowest BCUT2D eigenvalue weighted by Crippen LogP contribution is -2.57. The Morgan fingerprint density at radius 2 is 1.94 bits per heavy atom. The Morgan fingerprint density at radius 3 is 2.50 bits per heavy atom. The molecule has 8 N–H and O–H groups in total. The molecule has 1 saturated heterocycles. The lowest BCUT2D eigenvalue weighted by molar-refractivity contribution is -0.144. The van der Waals surface area contributed by atoms with E-state index in [-0.39, 0.29) is 25.8 Å². The van der Waals surface area contributed by atoms with Crippen LogP contribution in [0.5, 0.6) is 0 Å². The molecule has 0 aliphatic carbocycles. The number of rotatable bonds is 12. The summed E-state index contributed by atoms with van der Waals surface area (Å²) in [5.41, 5.74) is 6.16. The van der Waals surface area contributed by atoms with Gasteiger partial charge in [0.2, 0.25) is 17.7 Å². The maximum atomic E-state index is 12.9. The molecular weight excluding hydrogens is 452 g/mol. The number of likely N-dealkylation sites (tertiary alicyclic amines) is 1. The summed E-state index contributed by atoms with van der Waals surface area (Å²) in [4.78, 5) is 68.7. The highest BCUT2D eigenvalue weighted by Gasteiger charge is 2.38. The van der Waals surface area contributed by atoms with Gasteiger partial charge in [0.1, 0.15) is 24.2 Å². The first kappa shape index (κ1) is 26.7. The highest BCUT2D eigenvalue weighted by atomic mass is 16.4. The quantitative estimate of drug-likeness (QED) is 0.166. The van der Waals surface area contributed by atoms with E-state index in [1.165, 1.54) is 24.3 Å². The van der Waals surface area contributed by atoms with E-state index in [0.29, 0.717) is 12.1 Å². The smallest absolute Gasteiger partial charge is 0.326 e. The van der Waals surface area contributed by atoms with Gasteiger partial charge in [0.05, 0.1) is 12.4 Å². The summed E-state index contributed by atoms with van der Waals surface area (Å²) in [7, 11) is 0. The minimum absolute atomic E-state index is 0.108. The predicted molar refractivity (Wildman–Crippen MR) is 115 cm³/mol. The molecule has 1 fully saturated rings. The van der Waals surface area contributed by atoms with Crippen molar-refractivity contribution in [3.8, 4) is 0 Å². The van der Waals surface area contributed by atoms with Gasteiger partial charge in [-0.25, -0.2) is 9.78 Å². The van der Waals surface area contributed by atoms with Crippen molar-refractivity contribution >= 4 is 29.7 Å². The van der Waals surface area contributed by atoms with Crippen molar-refractivity contribution < 1.29 is 39.3 Å². The number of carboxylic acids is 2. The third-order valence-corrected chi connectivity index (χ3v) is 5.52. The van der Waals surface area contributed by atoms with Crippen LogP contribution in [-0.2, 0) is 30.4 Å². The van der Waals surface area contributed by atoms with E-state index in [0.717, 1.165) is 0 Å². The Bertz CT molecular complexity index is 890. The van der Waals surface area contributed by atoms with Crippen LogP contribution in [-0.4, -0.2) is 96.7 Å². The number of aliphatic hydroxyl groups is 1. The van der Waals surface area contributed by atoms with Crippen molar-refractivity contribution in [2.24, 2.45) is 5.73 Å². The van der Waals surface area contributed by atoms with E-state index in [1.807, 2.05) is 0 Å². The molecule has 5 atom stereocenters. The van der Waals surface area contributed by atoms with Gasteiger partial charge in [-0.3, -0.25) is 19.2 Å². The third-order valence-electron chi connectivity index (χ3n) is 5.52. The molecule has 0 bridgehead atoms.